The van der Waals surface area contributed by atoms with Gasteiger partial charge in [-0.1, -0.05) is 0 Å². The lowest BCUT2D eigenvalue weighted by Crippen LogP contribution is -2.26. The summed E-state index contributed by atoms with van der Waals surface area (Å²) in [6.07, 6.45) is 1.79. The first-order valence-electron chi connectivity index (χ1n) is 5.35. The van der Waals surface area contributed by atoms with Gasteiger partial charge in [0.15, 0.2) is 11.6 Å². The molecule has 2 aromatic rings. The lowest BCUT2D eigenvalue weighted by Gasteiger charge is -2.14. The van der Waals surface area contributed by atoms with Gasteiger partial charge in [0, 0.05) is 13.2 Å². The lowest BCUT2D eigenvalue weighted by molar-refractivity contribution is -0.135. The molecule has 0 aliphatic carbocycles. The first-order chi connectivity index (χ1) is 8.56. The van der Waals surface area contributed by atoms with Crippen molar-refractivity contribution in [3.8, 4) is 5.82 Å². The van der Waals surface area contributed by atoms with Crippen molar-refractivity contribution in [2.75, 3.05) is 18.5 Å². The molecule has 0 saturated heterocycles. The topological polar surface area (TPSA) is 84.1 Å². The number of aryl methyl sites for hydroxylation is 1. The number of hydrogen-bond acceptors (Lipinski definition) is 5. The van der Waals surface area contributed by atoms with E-state index in [2.05, 4.69) is 15.3 Å². The Morgan fingerprint density at radius 3 is 2.67 bits per heavy atom. The van der Waals surface area contributed by atoms with E-state index >= 15 is 0 Å². The van der Waals surface area contributed by atoms with Gasteiger partial charge in [0.2, 0.25) is 0 Å². The van der Waals surface area contributed by atoms with Gasteiger partial charge < -0.3 is 10.0 Å². The second kappa shape index (κ2) is 4.82. The molecule has 0 unspecified atom stereocenters. The van der Waals surface area contributed by atoms with Gasteiger partial charge in [-0.2, -0.15) is 5.10 Å². The molecule has 2 heterocycles. The predicted molar refractivity (Wildman–Crippen MR) is 64.8 cm³/mol. The molecular formula is C11H13N5O2. The molecule has 7 nitrogen and oxygen atoms in total. The first kappa shape index (κ1) is 12.0. The van der Waals surface area contributed by atoms with Gasteiger partial charge in [0.25, 0.3) is 0 Å². The summed E-state index contributed by atoms with van der Waals surface area (Å²) >= 11 is 0. The minimum Gasteiger partial charge on any atom is -0.480 e. The van der Waals surface area contributed by atoms with E-state index in [9.17, 15) is 4.79 Å². The van der Waals surface area contributed by atoms with Crippen LogP contribution in [0.15, 0.2) is 24.4 Å². The Balaban J connectivity index is 2.17. The van der Waals surface area contributed by atoms with E-state index in [1.54, 1.807) is 30.1 Å². The summed E-state index contributed by atoms with van der Waals surface area (Å²) in [6.45, 7) is 1.77. The minimum atomic E-state index is -0.911. The number of rotatable bonds is 4. The number of aromatic nitrogens is 4. The third-order valence-electron chi connectivity index (χ3n) is 2.36. The van der Waals surface area contributed by atoms with Crippen molar-refractivity contribution < 1.29 is 9.90 Å². The van der Waals surface area contributed by atoms with E-state index in [0.717, 1.165) is 5.69 Å². The van der Waals surface area contributed by atoms with Gasteiger partial charge in [0.05, 0.1) is 5.69 Å². The molecule has 0 fully saturated rings. The maximum Gasteiger partial charge on any atom is 0.323 e. The molecule has 0 atom stereocenters. The van der Waals surface area contributed by atoms with Gasteiger partial charge in [-0.05, 0) is 25.1 Å². The SMILES string of the molecule is Cc1ccn(-c2ccc(N(C)CC(=O)O)nn2)n1. The van der Waals surface area contributed by atoms with Crippen molar-refractivity contribution in [3.05, 3.63) is 30.1 Å². The second-order valence-electron chi connectivity index (χ2n) is 3.90. The van der Waals surface area contributed by atoms with Gasteiger partial charge in [-0.25, -0.2) is 4.68 Å². The second-order valence-corrected chi connectivity index (χ2v) is 3.90. The Labute approximate surface area is 104 Å². The standard InChI is InChI=1S/C11H13N5O2/c1-8-5-6-16(14-8)10-4-3-9(12-13-10)15(2)7-11(17)18/h3-6H,7H2,1-2H3,(H,17,18). The molecule has 1 N–H and O–H groups in total. The van der Waals surface area contributed by atoms with E-state index in [1.807, 2.05) is 13.0 Å². The molecule has 0 aromatic carbocycles. The molecule has 18 heavy (non-hydrogen) atoms. The molecule has 2 rings (SSSR count). The predicted octanol–water partition coefficient (Wildman–Crippen LogP) is 0.492. The van der Waals surface area contributed by atoms with Crippen molar-refractivity contribution in [2.24, 2.45) is 0 Å². The zero-order chi connectivity index (χ0) is 13.1. The van der Waals surface area contributed by atoms with Gasteiger partial charge >= 0.3 is 5.97 Å². The van der Waals surface area contributed by atoms with Crippen LogP contribution in [0, 0.1) is 6.92 Å². The monoisotopic (exact) mass is 247 g/mol. The van der Waals surface area contributed by atoms with Crippen molar-refractivity contribution >= 4 is 11.8 Å². The summed E-state index contributed by atoms with van der Waals surface area (Å²) in [5, 5.41) is 20.9. The van der Waals surface area contributed by atoms with Crippen molar-refractivity contribution in [2.45, 2.75) is 6.92 Å². The number of anilines is 1. The Hall–Kier alpha value is -2.44. The highest BCUT2D eigenvalue weighted by atomic mass is 16.4. The molecule has 0 amide bonds. The summed E-state index contributed by atoms with van der Waals surface area (Å²) in [4.78, 5) is 12.1. The number of likely N-dealkylation sites (N-methyl/N-ethyl adjacent to an activating group) is 1. The molecule has 0 aliphatic rings. The van der Waals surface area contributed by atoms with Crippen LogP contribution in [0.25, 0.3) is 5.82 Å². The summed E-state index contributed by atoms with van der Waals surface area (Å²) in [6, 6.07) is 5.32. The fourth-order valence-electron chi connectivity index (χ4n) is 1.47. The van der Waals surface area contributed by atoms with Crippen LogP contribution in [0.1, 0.15) is 5.69 Å². The van der Waals surface area contributed by atoms with Crippen LogP contribution in [0.2, 0.25) is 0 Å². The Bertz CT molecular complexity index is 549. The normalized spacial score (nSPS) is 10.3. The van der Waals surface area contributed by atoms with E-state index in [-0.39, 0.29) is 6.54 Å². The third-order valence-corrected chi connectivity index (χ3v) is 2.36. The van der Waals surface area contributed by atoms with Crippen LogP contribution >= 0.6 is 0 Å². The fraction of sp³-hybridized carbons (Fsp3) is 0.273. The van der Waals surface area contributed by atoms with Gasteiger partial charge in [0.1, 0.15) is 6.54 Å². The number of carbonyl (C=O) groups is 1. The molecule has 0 bridgehead atoms. The molecule has 0 spiro atoms. The van der Waals surface area contributed by atoms with Crippen molar-refractivity contribution in [3.63, 3.8) is 0 Å². The minimum absolute atomic E-state index is 0.116. The molecule has 0 saturated carbocycles. The van der Waals surface area contributed by atoms with Crippen LogP contribution in [0.3, 0.4) is 0 Å². The van der Waals surface area contributed by atoms with Gasteiger partial charge in [-0.3, -0.25) is 4.79 Å². The smallest absolute Gasteiger partial charge is 0.323 e. The van der Waals surface area contributed by atoms with E-state index in [1.165, 1.54) is 4.90 Å². The highest BCUT2D eigenvalue weighted by Gasteiger charge is 2.08. The number of nitrogens with zero attached hydrogens (tertiary/aromatic N) is 5. The maximum absolute atomic E-state index is 10.6. The highest BCUT2D eigenvalue weighted by molar-refractivity contribution is 5.72. The zero-order valence-corrected chi connectivity index (χ0v) is 10.1. The van der Waals surface area contributed by atoms with Crippen molar-refractivity contribution in [1.29, 1.82) is 0 Å². The van der Waals surface area contributed by atoms with Crippen LogP contribution < -0.4 is 4.90 Å². The maximum atomic E-state index is 10.6. The molecule has 94 valence electrons. The average Bonchev–Trinajstić information content (AvgIpc) is 2.75. The van der Waals surface area contributed by atoms with Crippen LogP contribution in [-0.2, 0) is 4.79 Å². The summed E-state index contributed by atoms with van der Waals surface area (Å²) in [7, 11) is 1.65. The lowest BCUT2D eigenvalue weighted by atomic mass is 10.4. The molecule has 0 aliphatic heterocycles. The summed E-state index contributed by atoms with van der Waals surface area (Å²) in [5.74, 6) is 0.187. The number of hydrogen-bond donors (Lipinski definition) is 1. The highest BCUT2D eigenvalue weighted by Crippen LogP contribution is 2.09. The summed E-state index contributed by atoms with van der Waals surface area (Å²) in [5.41, 5.74) is 0.892. The van der Waals surface area contributed by atoms with Crippen LogP contribution in [0.4, 0.5) is 5.82 Å². The molecule has 2 aromatic heterocycles. The Morgan fingerprint density at radius 2 is 2.17 bits per heavy atom. The van der Waals surface area contributed by atoms with Crippen LogP contribution in [0.5, 0.6) is 0 Å². The average molecular weight is 247 g/mol. The van der Waals surface area contributed by atoms with Gasteiger partial charge in [-0.15, -0.1) is 10.2 Å². The molecule has 0 radical (unpaired) electrons. The largest absolute Gasteiger partial charge is 0.480 e. The van der Waals surface area contributed by atoms with Crippen LogP contribution in [-0.4, -0.2) is 44.6 Å². The van der Waals surface area contributed by atoms with E-state index < -0.39 is 5.97 Å². The number of carboxylic acid groups (broad SMARTS) is 1. The van der Waals surface area contributed by atoms with Crippen molar-refractivity contribution in [1.82, 2.24) is 20.0 Å². The zero-order valence-electron chi connectivity index (χ0n) is 10.1. The fourth-order valence-corrected chi connectivity index (χ4v) is 1.47. The first-order valence-corrected chi connectivity index (χ1v) is 5.35. The van der Waals surface area contributed by atoms with E-state index in [0.29, 0.717) is 11.6 Å². The Morgan fingerprint density at radius 1 is 1.39 bits per heavy atom. The molecule has 7 heteroatoms. The third kappa shape index (κ3) is 2.62. The number of carboxylic acids is 1. The summed E-state index contributed by atoms with van der Waals surface area (Å²) < 4.78 is 1.61. The number of aliphatic carboxylic acids is 1. The van der Waals surface area contributed by atoms with E-state index in [4.69, 9.17) is 5.11 Å². The molecular weight excluding hydrogens is 234 g/mol. The Kier molecular flexibility index (Phi) is 3.22. The quantitative estimate of drug-likeness (QED) is 0.846.